The second kappa shape index (κ2) is 11.4. The summed E-state index contributed by atoms with van der Waals surface area (Å²) in [4.78, 5) is 21.1. The molecule has 2 aromatic carbocycles. The van der Waals surface area contributed by atoms with Crippen LogP contribution in [0.2, 0.25) is 0 Å². The van der Waals surface area contributed by atoms with Crippen LogP contribution >= 0.6 is 0 Å². The third-order valence-corrected chi connectivity index (χ3v) is 7.79. The van der Waals surface area contributed by atoms with Crippen LogP contribution < -0.4 is 0 Å². The number of ether oxygens (including phenoxy) is 2. The maximum absolute atomic E-state index is 13.9. The van der Waals surface area contributed by atoms with Gasteiger partial charge in [-0.2, -0.15) is 0 Å². The fourth-order valence-electron chi connectivity index (χ4n) is 6.00. The van der Waals surface area contributed by atoms with E-state index in [4.69, 9.17) is 9.47 Å². The van der Waals surface area contributed by atoms with Gasteiger partial charge in [0.05, 0.1) is 19.5 Å². The van der Waals surface area contributed by atoms with Crippen molar-refractivity contribution in [3.8, 4) is 0 Å². The molecule has 0 saturated heterocycles. The molecule has 3 atom stereocenters. The number of aliphatic imine (C=N–C) groups is 1. The molecule has 7 heteroatoms. The zero-order valence-electron chi connectivity index (χ0n) is 21.8. The van der Waals surface area contributed by atoms with E-state index in [1.54, 1.807) is 12.1 Å². The molecular formula is C29H38FN3O3. The first-order valence-corrected chi connectivity index (χ1v) is 12.8. The van der Waals surface area contributed by atoms with Gasteiger partial charge in [-0.3, -0.25) is 0 Å². The summed E-state index contributed by atoms with van der Waals surface area (Å²) in [6.45, 7) is 2.57. The molecule has 36 heavy (non-hydrogen) atoms. The van der Waals surface area contributed by atoms with Crippen molar-refractivity contribution in [1.29, 1.82) is 0 Å². The second-order valence-electron chi connectivity index (χ2n) is 10.5. The number of methoxy groups -OCH3 is 1. The fraction of sp³-hybridized carbons (Fsp3) is 0.517. The summed E-state index contributed by atoms with van der Waals surface area (Å²) < 4.78 is 24.4. The summed E-state index contributed by atoms with van der Waals surface area (Å²) in [7, 11) is 5.48. The third-order valence-electron chi connectivity index (χ3n) is 7.79. The van der Waals surface area contributed by atoms with Crippen LogP contribution in [0.5, 0.6) is 0 Å². The van der Waals surface area contributed by atoms with Gasteiger partial charge in [0, 0.05) is 12.6 Å². The summed E-state index contributed by atoms with van der Waals surface area (Å²) in [6, 6.07) is 17.4. The van der Waals surface area contributed by atoms with Crippen molar-refractivity contribution in [2.75, 3.05) is 21.2 Å². The molecule has 0 aromatic heterocycles. The van der Waals surface area contributed by atoms with E-state index in [2.05, 4.69) is 41.0 Å². The molecule has 1 fully saturated rings. The van der Waals surface area contributed by atoms with Crippen LogP contribution in [-0.4, -0.2) is 55.3 Å². The van der Waals surface area contributed by atoms with Gasteiger partial charge in [0.2, 0.25) is 5.72 Å². The predicted octanol–water partition coefficient (Wildman–Crippen LogP) is 6.04. The molecule has 0 spiro atoms. The number of rotatable bonds is 8. The minimum absolute atomic E-state index is 0.0776. The number of halogens is 1. The van der Waals surface area contributed by atoms with E-state index in [1.807, 2.05) is 37.5 Å². The number of hydrogen-bond acceptors (Lipinski definition) is 6. The highest BCUT2D eigenvalue weighted by atomic mass is 19.1. The Bertz CT molecular complexity index is 1040. The van der Waals surface area contributed by atoms with E-state index in [1.165, 1.54) is 18.7 Å². The molecule has 4 rings (SSSR count). The highest BCUT2D eigenvalue weighted by molar-refractivity contribution is 5.64. The molecule has 1 heterocycles. The van der Waals surface area contributed by atoms with Gasteiger partial charge < -0.3 is 19.3 Å². The lowest BCUT2D eigenvalue weighted by Gasteiger charge is -2.40. The molecule has 1 saturated carbocycles. The van der Waals surface area contributed by atoms with Crippen LogP contribution in [0.4, 0.5) is 9.18 Å². The molecule has 0 N–H and O–H groups in total. The quantitative estimate of drug-likeness (QED) is 0.418. The van der Waals surface area contributed by atoms with Crippen molar-refractivity contribution in [2.45, 2.75) is 63.4 Å². The van der Waals surface area contributed by atoms with Crippen molar-refractivity contribution in [3.63, 3.8) is 0 Å². The Morgan fingerprint density at radius 3 is 2.50 bits per heavy atom. The van der Waals surface area contributed by atoms with Crippen LogP contribution in [-0.2, 0) is 16.0 Å². The Morgan fingerprint density at radius 2 is 1.86 bits per heavy atom. The van der Waals surface area contributed by atoms with Gasteiger partial charge in [-0.1, -0.05) is 55.3 Å². The number of nitrogens with zero attached hydrogens (tertiary/aromatic N) is 3. The van der Waals surface area contributed by atoms with Gasteiger partial charge in [0.25, 0.3) is 0 Å². The molecule has 0 bridgehead atoms. The van der Waals surface area contributed by atoms with E-state index in [-0.39, 0.29) is 17.9 Å². The Labute approximate surface area is 214 Å². The monoisotopic (exact) mass is 495 g/mol. The lowest BCUT2D eigenvalue weighted by molar-refractivity contribution is -0.0472. The van der Waals surface area contributed by atoms with E-state index in [0.29, 0.717) is 18.4 Å². The third kappa shape index (κ3) is 6.06. The van der Waals surface area contributed by atoms with Crippen LogP contribution in [0, 0.1) is 17.7 Å². The van der Waals surface area contributed by atoms with E-state index in [0.717, 1.165) is 37.7 Å². The molecule has 1 aliphatic carbocycles. The SMILES string of the molecule is COC(=O)OC1(C)N=CN(Cc2ccccc2)C1CC1CCC(C(c2cccc(F)c2)N(C)C)CC1. The maximum atomic E-state index is 13.9. The van der Waals surface area contributed by atoms with Crippen molar-refractivity contribution >= 4 is 12.5 Å². The van der Waals surface area contributed by atoms with E-state index < -0.39 is 11.9 Å². The first-order chi connectivity index (χ1) is 17.3. The van der Waals surface area contributed by atoms with E-state index in [9.17, 15) is 9.18 Å². The van der Waals surface area contributed by atoms with Gasteiger partial charge in [0.1, 0.15) is 5.82 Å². The zero-order valence-corrected chi connectivity index (χ0v) is 21.8. The molecular weight excluding hydrogens is 457 g/mol. The summed E-state index contributed by atoms with van der Waals surface area (Å²) in [5.74, 6) is 0.774. The first kappa shape index (κ1) is 26.1. The zero-order chi connectivity index (χ0) is 25.7. The normalized spacial score (nSPS) is 26.7. The summed E-state index contributed by atoms with van der Waals surface area (Å²) in [5, 5.41) is 0. The van der Waals surface area contributed by atoms with Crippen LogP contribution in [0.1, 0.15) is 56.2 Å². The lowest BCUT2D eigenvalue weighted by atomic mass is 9.74. The first-order valence-electron chi connectivity index (χ1n) is 12.8. The average Bonchev–Trinajstić information content (AvgIpc) is 3.15. The standard InChI is InChI=1S/C29H38FN3O3/c1-29(36-28(34)35-4)26(33(20-31-29)19-22-9-6-5-7-10-22)17-21-13-15-23(16-14-21)27(32(2)3)24-11-8-12-25(30)18-24/h5-12,18,20-21,23,26-27H,13-17,19H2,1-4H3. The van der Waals surface area contributed by atoms with Crippen molar-refractivity contribution < 1.29 is 18.7 Å². The fourth-order valence-corrected chi connectivity index (χ4v) is 6.00. The average molecular weight is 496 g/mol. The van der Waals surface area contributed by atoms with Crippen molar-refractivity contribution in [3.05, 3.63) is 71.5 Å². The Hall–Kier alpha value is -2.93. The number of hydrogen-bond donors (Lipinski definition) is 0. The molecule has 0 radical (unpaired) electrons. The molecule has 6 nitrogen and oxygen atoms in total. The van der Waals surface area contributed by atoms with Crippen molar-refractivity contribution in [1.82, 2.24) is 9.80 Å². The van der Waals surface area contributed by atoms with Crippen LogP contribution in [0.25, 0.3) is 0 Å². The number of carbonyl (C=O) groups is 1. The van der Waals surface area contributed by atoms with Gasteiger partial charge in [-0.15, -0.1) is 0 Å². The molecule has 0 amide bonds. The smallest absolute Gasteiger partial charge is 0.438 e. The number of carbonyl (C=O) groups excluding carboxylic acids is 1. The summed E-state index contributed by atoms with van der Waals surface area (Å²) in [5.41, 5.74) is 1.23. The molecule has 2 aliphatic rings. The Kier molecular flexibility index (Phi) is 8.29. The van der Waals surface area contributed by atoms with Gasteiger partial charge >= 0.3 is 6.16 Å². The van der Waals surface area contributed by atoms with Crippen LogP contribution in [0.15, 0.2) is 59.6 Å². The minimum Gasteiger partial charge on any atom is -0.438 e. The lowest BCUT2D eigenvalue weighted by Crippen LogP contribution is -2.47. The summed E-state index contributed by atoms with van der Waals surface area (Å²) >= 11 is 0. The number of benzene rings is 2. The molecule has 3 unspecified atom stereocenters. The summed E-state index contributed by atoms with van der Waals surface area (Å²) in [6.07, 6.45) is 6.28. The Morgan fingerprint density at radius 1 is 1.14 bits per heavy atom. The molecule has 194 valence electrons. The van der Waals surface area contributed by atoms with Crippen LogP contribution in [0.3, 0.4) is 0 Å². The van der Waals surface area contributed by atoms with Gasteiger partial charge in [-0.25, -0.2) is 14.2 Å². The Balaban J connectivity index is 1.45. The maximum Gasteiger partial charge on any atom is 0.510 e. The van der Waals surface area contributed by atoms with Crippen molar-refractivity contribution in [2.24, 2.45) is 16.8 Å². The topological polar surface area (TPSA) is 54.4 Å². The largest absolute Gasteiger partial charge is 0.510 e. The molecule has 2 aromatic rings. The molecule has 1 aliphatic heterocycles. The minimum atomic E-state index is -0.994. The second-order valence-corrected chi connectivity index (χ2v) is 10.5. The van der Waals surface area contributed by atoms with Gasteiger partial charge in [-0.05, 0) is 75.4 Å². The van der Waals surface area contributed by atoms with E-state index >= 15 is 0 Å². The highest BCUT2D eigenvalue weighted by Crippen LogP contribution is 2.43. The van der Waals surface area contributed by atoms with Gasteiger partial charge in [0.15, 0.2) is 0 Å². The highest BCUT2D eigenvalue weighted by Gasteiger charge is 2.46. The predicted molar refractivity (Wildman–Crippen MR) is 139 cm³/mol.